The molecule has 7 heteroatoms. The van der Waals surface area contributed by atoms with Crippen LogP contribution in [0.5, 0.6) is 0 Å². The molecule has 1 rings (SSSR count). The third kappa shape index (κ3) is 4.10. The highest BCUT2D eigenvalue weighted by Crippen LogP contribution is 2.30. The first kappa shape index (κ1) is 14.6. The minimum absolute atomic E-state index is 0.123. The molecule has 0 spiro atoms. The van der Waals surface area contributed by atoms with Gasteiger partial charge >= 0.3 is 0 Å². The third-order valence-corrected chi connectivity index (χ3v) is 3.19. The molecule has 5 nitrogen and oxygen atoms in total. The molecule has 1 aromatic carbocycles. The summed E-state index contributed by atoms with van der Waals surface area (Å²) in [5.41, 5.74) is 7.08. The Labute approximate surface area is 114 Å². The fraction of sp³-hybridized carbons (Fsp3) is 0.273. The van der Waals surface area contributed by atoms with Crippen molar-refractivity contribution in [1.82, 2.24) is 0 Å². The molecule has 2 N–H and O–H groups in total. The zero-order chi connectivity index (χ0) is 13.4. The highest BCUT2D eigenvalue weighted by atomic mass is 35.5. The Morgan fingerprint density at radius 2 is 2.17 bits per heavy atom. The average molecular weight is 282 g/mol. The van der Waals surface area contributed by atoms with Gasteiger partial charge in [0.25, 0.3) is 0 Å². The smallest absolute Gasteiger partial charge is 0.118 e. The van der Waals surface area contributed by atoms with Crippen LogP contribution < -0.4 is 5.43 Å². The minimum Gasteiger partial charge on any atom is -0.532 e. The number of anilines is 1. The van der Waals surface area contributed by atoms with Crippen molar-refractivity contribution in [3.8, 4) is 12.1 Å². The molecular formula is C11H10ClN4OS-. The Hall–Kier alpha value is -1.44. The van der Waals surface area contributed by atoms with E-state index in [1.807, 2.05) is 12.1 Å². The van der Waals surface area contributed by atoms with Crippen LogP contribution in [0.4, 0.5) is 5.69 Å². The fourth-order valence-corrected chi connectivity index (χ4v) is 1.88. The number of halogens is 1. The van der Waals surface area contributed by atoms with Crippen molar-refractivity contribution in [2.75, 3.05) is 17.8 Å². The Bertz CT molecular complexity index is 469. The van der Waals surface area contributed by atoms with Gasteiger partial charge in [-0.3, -0.25) is 0 Å². The van der Waals surface area contributed by atoms with E-state index in [0.29, 0.717) is 10.7 Å². The number of benzene rings is 1. The van der Waals surface area contributed by atoms with Gasteiger partial charge in [-0.25, -0.2) is 0 Å². The van der Waals surface area contributed by atoms with E-state index in [-0.39, 0.29) is 12.4 Å². The van der Waals surface area contributed by atoms with E-state index < -0.39 is 4.87 Å². The Morgan fingerprint density at radius 3 is 2.72 bits per heavy atom. The van der Waals surface area contributed by atoms with E-state index in [1.54, 1.807) is 24.3 Å². The number of aliphatic hydroxyl groups excluding tert-OH is 1. The Kier molecular flexibility index (Phi) is 5.76. The van der Waals surface area contributed by atoms with Crippen LogP contribution in [0.1, 0.15) is 0 Å². The first-order chi connectivity index (χ1) is 8.65. The lowest BCUT2D eigenvalue weighted by molar-refractivity contribution is 0.322. The van der Waals surface area contributed by atoms with Gasteiger partial charge in [-0.05, 0) is 18.2 Å². The van der Waals surface area contributed by atoms with Crippen LogP contribution >= 0.6 is 23.4 Å². The van der Waals surface area contributed by atoms with Crippen LogP contribution in [-0.2, 0) is 0 Å². The molecule has 0 atom stereocenters. The molecule has 0 heterocycles. The van der Waals surface area contributed by atoms with Gasteiger partial charge in [-0.2, -0.15) is 10.5 Å². The van der Waals surface area contributed by atoms with E-state index in [9.17, 15) is 0 Å². The lowest BCUT2D eigenvalue weighted by Gasteiger charge is -2.35. The summed E-state index contributed by atoms with van der Waals surface area (Å²) in [6, 6.07) is 10.4. The predicted molar refractivity (Wildman–Crippen MR) is 71.9 cm³/mol. The van der Waals surface area contributed by atoms with E-state index in [4.69, 9.17) is 27.2 Å². The first-order valence-electron chi connectivity index (χ1n) is 4.96. The molecule has 94 valence electrons. The van der Waals surface area contributed by atoms with Crippen molar-refractivity contribution in [2.24, 2.45) is 0 Å². The van der Waals surface area contributed by atoms with E-state index in [2.05, 4.69) is 10.9 Å². The number of nitriles is 2. The summed E-state index contributed by atoms with van der Waals surface area (Å²) in [7, 11) is 0. The largest absolute Gasteiger partial charge is 0.532 e. The van der Waals surface area contributed by atoms with Crippen LogP contribution in [0.3, 0.4) is 0 Å². The molecule has 0 aliphatic carbocycles. The number of thioether (sulfide) groups is 1. The Morgan fingerprint density at radius 1 is 1.44 bits per heavy atom. The van der Waals surface area contributed by atoms with Crippen LogP contribution in [0.15, 0.2) is 24.3 Å². The van der Waals surface area contributed by atoms with Crippen LogP contribution in [-0.4, -0.2) is 22.3 Å². The minimum atomic E-state index is -1.58. The van der Waals surface area contributed by atoms with Crippen molar-refractivity contribution >= 4 is 29.1 Å². The zero-order valence-electron chi connectivity index (χ0n) is 9.30. The standard InChI is InChI=1S/C11H10ClN4OS/c12-9-2-1-3-10(6-9)15-16-11(7-13,8-14)18-5-4-17/h1-3,6,15,17H,4-5H2/q-1. The van der Waals surface area contributed by atoms with E-state index >= 15 is 0 Å². The molecule has 0 aliphatic heterocycles. The van der Waals surface area contributed by atoms with Gasteiger partial charge in [0, 0.05) is 16.5 Å². The maximum Gasteiger partial charge on any atom is 0.118 e. The van der Waals surface area contributed by atoms with Crippen LogP contribution in [0.2, 0.25) is 5.02 Å². The van der Waals surface area contributed by atoms with Gasteiger partial charge in [0.05, 0.1) is 18.7 Å². The predicted octanol–water partition coefficient (Wildman–Crippen LogP) is 2.51. The van der Waals surface area contributed by atoms with E-state index in [1.165, 1.54) is 0 Å². The highest BCUT2D eigenvalue weighted by Gasteiger charge is 2.19. The van der Waals surface area contributed by atoms with Crippen molar-refractivity contribution < 1.29 is 5.11 Å². The number of hydrogen-bond donors (Lipinski definition) is 2. The van der Waals surface area contributed by atoms with Crippen molar-refractivity contribution in [3.05, 3.63) is 34.7 Å². The molecule has 0 amide bonds. The molecular weight excluding hydrogens is 272 g/mol. The summed E-state index contributed by atoms with van der Waals surface area (Å²) in [5.74, 6) is 0.252. The molecule has 0 saturated carbocycles. The first-order valence-corrected chi connectivity index (χ1v) is 6.33. The highest BCUT2D eigenvalue weighted by molar-refractivity contribution is 8.01. The van der Waals surface area contributed by atoms with Gasteiger partial charge in [0.1, 0.15) is 4.87 Å². The molecule has 0 aromatic heterocycles. The number of nitrogens with one attached hydrogen (secondary N) is 1. The van der Waals surface area contributed by atoms with Gasteiger partial charge in [-0.15, -0.1) is 11.8 Å². The lowest BCUT2D eigenvalue weighted by Crippen LogP contribution is -2.23. The molecule has 1 aromatic rings. The van der Waals surface area contributed by atoms with E-state index in [0.717, 1.165) is 11.8 Å². The quantitative estimate of drug-likeness (QED) is 0.781. The summed E-state index contributed by atoms with van der Waals surface area (Å²) in [5, 5.41) is 27.3. The van der Waals surface area contributed by atoms with Gasteiger partial charge in [-0.1, -0.05) is 17.7 Å². The van der Waals surface area contributed by atoms with Gasteiger partial charge in [0.15, 0.2) is 0 Å². The zero-order valence-corrected chi connectivity index (χ0v) is 10.9. The summed E-state index contributed by atoms with van der Waals surface area (Å²) in [6.07, 6.45) is 0. The summed E-state index contributed by atoms with van der Waals surface area (Å²) >= 11 is 6.75. The normalized spacial score (nSPS) is 10.4. The number of rotatable bonds is 6. The second kappa shape index (κ2) is 7.10. The van der Waals surface area contributed by atoms with Crippen LogP contribution in [0.25, 0.3) is 5.43 Å². The SMILES string of the molecule is N#CC(C#N)([N-]Nc1cccc(Cl)c1)SCCO. The topological polar surface area (TPSA) is 93.9 Å². The number of hydrogen-bond acceptors (Lipinski definition) is 5. The van der Waals surface area contributed by atoms with Gasteiger partial charge in [0.2, 0.25) is 0 Å². The fourth-order valence-electron chi connectivity index (χ4n) is 1.07. The molecule has 0 bridgehead atoms. The summed E-state index contributed by atoms with van der Waals surface area (Å²) < 4.78 is 0. The van der Waals surface area contributed by atoms with Gasteiger partial charge < -0.3 is 16.0 Å². The molecule has 0 radical (unpaired) electrons. The Balaban J connectivity index is 2.69. The third-order valence-electron chi connectivity index (χ3n) is 1.87. The monoisotopic (exact) mass is 281 g/mol. The van der Waals surface area contributed by atoms with Crippen molar-refractivity contribution in [3.63, 3.8) is 0 Å². The van der Waals surface area contributed by atoms with Crippen molar-refractivity contribution in [2.45, 2.75) is 4.87 Å². The molecule has 18 heavy (non-hydrogen) atoms. The summed E-state index contributed by atoms with van der Waals surface area (Å²) in [6.45, 7) is -0.123. The molecule has 0 fully saturated rings. The van der Waals surface area contributed by atoms with Crippen LogP contribution in [0, 0.1) is 22.7 Å². The summed E-state index contributed by atoms with van der Waals surface area (Å²) in [4.78, 5) is -1.58. The molecule has 0 saturated heterocycles. The second-order valence-corrected chi connectivity index (χ2v) is 4.90. The number of nitrogens with zero attached hydrogens (tertiary/aromatic N) is 3. The van der Waals surface area contributed by atoms with Crippen molar-refractivity contribution in [1.29, 1.82) is 10.5 Å². The maximum atomic E-state index is 9.00. The molecule has 0 aliphatic rings. The maximum absolute atomic E-state index is 9.00. The average Bonchev–Trinajstić information content (AvgIpc) is 2.40. The number of aliphatic hydroxyl groups is 1. The second-order valence-electron chi connectivity index (χ2n) is 3.17. The lowest BCUT2D eigenvalue weighted by atomic mass is 10.3. The molecule has 0 unspecified atom stereocenters.